The van der Waals surface area contributed by atoms with E-state index in [4.69, 9.17) is 18.9 Å². The summed E-state index contributed by atoms with van der Waals surface area (Å²) in [6.45, 7) is 5.21. The summed E-state index contributed by atoms with van der Waals surface area (Å²) in [7, 11) is 0. The van der Waals surface area contributed by atoms with Crippen LogP contribution in [-0.4, -0.2) is 32.1 Å². The Bertz CT molecular complexity index is 927. The summed E-state index contributed by atoms with van der Waals surface area (Å²) in [5.74, 6) is 2.77. The summed E-state index contributed by atoms with van der Waals surface area (Å²) < 4.78 is 22.4. The van der Waals surface area contributed by atoms with Crippen molar-refractivity contribution in [2.75, 3.05) is 24.9 Å². The Hall–Kier alpha value is -3.09. The standard InChI is InChI=1S/C20H20N2O5/c1-11(2)22-14-9-18-17(24-5-6-25-18)8-13(14)19(21-20(22)23)12-3-4-15-16(7-12)27-10-26-15/h3-4,7-9,11,19H,5-6,10H2,1-2H3,(H,21,23). The van der Waals surface area contributed by atoms with Crippen molar-refractivity contribution in [3.63, 3.8) is 0 Å². The minimum atomic E-state index is -0.312. The number of urea groups is 1. The van der Waals surface area contributed by atoms with E-state index in [9.17, 15) is 4.79 Å². The van der Waals surface area contributed by atoms with Crippen molar-refractivity contribution in [2.24, 2.45) is 0 Å². The third-order valence-electron chi connectivity index (χ3n) is 4.99. The molecule has 27 heavy (non-hydrogen) atoms. The van der Waals surface area contributed by atoms with Gasteiger partial charge in [-0.25, -0.2) is 4.79 Å². The fourth-order valence-corrected chi connectivity index (χ4v) is 3.78. The number of nitrogens with one attached hydrogen (secondary N) is 1. The Morgan fingerprint density at radius 3 is 2.44 bits per heavy atom. The van der Waals surface area contributed by atoms with Crippen LogP contribution in [0.5, 0.6) is 23.0 Å². The summed E-state index contributed by atoms with van der Waals surface area (Å²) in [4.78, 5) is 14.6. The van der Waals surface area contributed by atoms with Crippen molar-refractivity contribution in [3.05, 3.63) is 41.5 Å². The number of benzene rings is 2. The number of rotatable bonds is 2. The van der Waals surface area contributed by atoms with Crippen LogP contribution in [0.15, 0.2) is 30.3 Å². The minimum Gasteiger partial charge on any atom is -0.486 e. The van der Waals surface area contributed by atoms with Crippen LogP contribution in [0.3, 0.4) is 0 Å². The molecule has 5 rings (SSSR count). The van der Waals surface area contributed by atoms with Crippen molar-refractivity contribution in [1.29, 1.82) is 0 Å². The second-order valence-corrected chi connectivity index (χ2v) is 7.01. The van der Waals surface area contributed by atoms with Gasteiger partial charge in [0.2, 0.25) is 6.79 Å². The van der Waals surface area contributed by atoms with Crippen LogP contribution in [-0.2, 0) is 0 Å². The predicted molar refractivity (Wildman–Crippen MR) is 98.0 cm³/mol. The molecule has 3 aliphatic rings. The number of amides is 2. The number of fused-ring (bicyclic) bond motifs is 3. The average molecular weight is 368 g/mol. The van der Waals surface area contributed by atoms with Crippen molar-refractivity contribution in [1.82, 2.24) is 5.32 Å². The molecule has 0 fully saturated rings. The Balaban J connectivity index is 1.65. The molecule has 3 aliphatic heterocycles. The van der Waals surface area contributed by atoms with Gasteiger partial charge in [-0.1, -0.05) is 6.07 Å². The van der Waals surface area contributed by atoms with Gasteiger partial charge >= 0.3 is 6.03 Å². The maximum atomic E-state index is 12.9. The molecule has 1 unspecified atom stereocenters. The molecule has 0 saturated carbocycles. The lowest BCUT2D eigenvalue weighted by atomic mass is 9.93. The molecule has 7 heteroatoms. The zero-order valence-corrected chi connectivity index (χ0v) is 15.2. The van der Waals surface area contributed by atoms with Gasteiger partial charge in [-0.3, -0.25) is 4.90 Å². The molecule has 2 amide bonds. The lowest BCUT2D eigenvalue weighted by molar-refractivity contribution is 0.171. The number of carbonyl (C=O) groups excluding carboxylic acids is 1. The smallest absolute Gasteiger partial charge is 0.322 e. The van der Waals surface area contributed by atoms with Gasteiger partial charge in [0.25, 0.3) is 0 Å². The number of anilines is 1. The van der Waals surface area contributed by atoms with E-state index in [2.05, 4.69) is 5.32 Å². The van der Waals surface area contributed by atoms with Crippen molar-refractivity contribution < 1.29 is 23.7 Å². The molecule has 2 aromatic carbocycles. The van der Waals surface area contributed by atoms with E-state index in [-0.39, 0.29) is 24.9 Å². The van der Waals surface area contributed by atoms with Crippen molar-refractivity contribution in [3.8, 4) is 23.0 Å². The Kier molecular flexibility index (Phi) is 3.56. The molecule has 0 saturated heterocycles. The quantitative estimate of drug-likeness (QED) is 0.882. The Morgan fingerprint density at radius 1 is 0.963 bits per heavy atom. The van der Waals surface area contributed by atoms with Crippen molar-refractivity contribution in [2.45, 2.75) is 25.9 Å². The van der Waals surface area contributed by atoms with Crippen LogP contribution in [0.4, 0.5) is 10.5 Å². The lowest BCUT2D eigenvalue weighted by Gasteiger charge is -2.38. The second-order valence-electron chi connectivity index (χ2n) is 7.01. The topological polar surface area (TPSA) is 69.3 Å². The molecule has 0 radical (unpaired) electrons. The highest BCUT2D eigenvalue weighted by Crippen LogP contribution is 2.45. The number of ether oxygens (including phenoxy) is 4. The zero-order chi connectivity index (χ0) is 18.5. The Labute approximate surface area is 156 Å². The van der Waals surface area contributed by atoms with Crippen LogP contribution in [0.25, 0.3) is 0 Å². The fourth-order valence-electron chi connectivity index (χ4n) is 3.78. The molecule has 0 bridgehead atoms. The molecule has 0 spiro atoms. The van der Waals surface area contributed by atoms with E-state index < -0.39 is 0 Å². The number of hydrogen-bond donors (Lipinski definition) is 1. The largest absolute Gasteiger partial charge is 0.486 e. The van der Waals surface area contributed by atoms with Gasteiger partial charge < -0.3 is 24.3 Å². The second kappa shape index (κ2) is 5.97. The van der Waals surface area contributed by atoms with Gasteiger partial charge in [0.1, 0.15) is 13.2 Å². The van der Waals surface area contributed by atoms with Crippen molar-refractivity contribution >= 4 is 11.7 Å². The van der Waals surface area contributed by atoms with E-state index in [0.29, 0.717) is 36.2 Å². The van der Waals surface area contributed by atoms with E-state index in [0.717, 1.165) is 16.8 Å². The number of hydrogen-bond acceptors (Lipinski definition) is 5. The van der Waals surface area contributed by atoms with E-state index >= 15 is 0 Å². The number of nitrogens with zero attached hydrogens (tertiary/aromatic N) is 1. The SMILES string of the molecule is CC(C)N1C(=O)NC(c2ccc3c(c2)OCO3)c2cc3c(cc21)OCCO3. The molecule has 1 N–H and O–H groups in total. The van der Waals surface area contributed by atoms with E-state index in [1.54, 1.807) is 4.90 Å². The molecule has 140 valence electrons. The highest BCUT2D eigenvalue weighted by molar-refractivity contribution is 5.97. The van der Waals surface area contributed by atoms with Gasteiger partial charge in [-0.15, -0.1) is 0 Å². The van der Waals surface area contributed by atoms with Gasteiger partial charge in [0.15, 0.2) is 23.0 Å². The van der Waals surface area contributed by atoms with Crippen LogP contribution in [0, 0.1) is 0 Å². The zero-order valence-electron chi connectivity index (χ0n) is 15.2. The first kappa shape index (κ1) is 16.1. The highest BCUT2D eigenvalue weighted by atomic mass is 16.7. The predicted octanol–water partition coefficient (Wildman–Crippen LogP) is 3.21. The third-order valence-corrected chi connectivity index (χ3v) is 4.99. The highest BCUT2D eigenvalue weighted by Gasteiger charge is 2.35. The Morgan fingerprint density at radius 2 is 1.67 bits per heavy atom. The van der Waals surface area contributed by atoms with E-state index in [1.165, 1.54) is 0 Å². The first-order valence-electron chi connectivity index (χ1n) is 9.04. The maximum absolute atomic E-state index is 12.9. The summed E-state index contributed by atoms with van der Waals surface area (Å²) in [5.41, 5.74) is 2.72. The first-order valence-corrected chi connectivity index (χ1v) is 9.04. The molecular formula is C20H20N2O5. The lowest BCUT2D eigenvalue weighted by Crippen LogP contribution is -2.50. The van der Waals surface area contributed by atoms with Gasteiger partial charge in [0, 0.05) is 17.7 Å². The molecule has 3 heterocycles. The maximum Gasteiger partial charge on any atom is 0.322 e. The molecule has 1 atom stereocenters. The molecular weight excluding hydrogens is 348 g/mol. The summed E-state index contributed by atoms with van der Waals surface area (Å²) in [5, 5.41) is 3.11. The van der Waals surface area contributed by atoms with Crippen LogP contribution in [0.2, 0.25) is 0 Å². The third kappa shape index (κ3) is 2.53. The molecule has 7 nitrogen and oxygen atoms in total. The molecule has 0 aliphatic carbocycles. The van der Waals surface area contributed by atoms with Crippen LogP contribution < -0.4 is 29.2 Å². The monoisotopic (exact) mass is 368 g/mol. The summed E-state index contributed by atoms with van der Waals surface area (Å²) in [6, 6.07) is 9.16. The van der Waals surface area contributed by atoms with Gasteiger partial charge in [0.05, 0.1) is 11.7 Å². The van der Waals surface area contributed by atoms with Crippen LogP contribution >= 0.6 is 0 Å². The van der Waals surface area contributed by atoms with Gasteiger partial charge in [-0.2, -0.15) is 0 Å². The number of carbonyl (C=O) groups is 1. The van der Waals surface area contributed by atoms with Gasteiger partial charge in [-0.05, 0) is 37.6 Å². The minimum absolute atomic E-state index is 0.00372. The normalized spacial score (nSPS) is 19.7. The van der Waals surface area contributed by atoms with E-state index in [1.807, 2.05) is 44.2 Å². The fraction of sp³-hybridized carbons (Fsp3) is 0.350. The molecule has 2 aromatic rings. The van der Waals surface area contributed by atoms with Crippen LogP contribution in [0.1, 0.15) is 31.0 Å². The summed E-state index contributed by atoms with van der Waals surface area (Å²) >= 11 is 0. The average Bonchev–Trinajstić information content (AvgIpc) is 3.13. The molecule has 0 aromatic heterocycles. The summed E-state index contributed by atoms with van der Waals surface area (Å²) in [6.07, 6.45) is 0. The first-order chi connectivity index (χ1) is 13.1.